The minimum Gasteiger partial charge on any atom is -0.390 e. The number of aryl methyl sites for hydroxylation is 1. The molecule has 1 aliphatic heterocycles. The Balaban J connectivity index is 1.65. The van der Waals surface area contributed by atoms with E-state index in [-0.39, 0.29) is 6.10 Å². The third-order valence-electron chi connectivity index (χ3n) is 3.37. The third kappa shape index (κ3) is 3.76. The zero-order valence-corrected chi connectivity index (χ0v) is 11.0. The van der Waals surface area contributed by atoms with E-state index in [2.05, 4.69) is 27.3 Å². The summed E-state index contributed by atoms with van der Waals surface area (Å²) in [7, 11) is 0. The van der Waals surface area contributed by atoms with Gasteiger partial charge in [0.15, 0.2) is 0 Å². The molecule has 1 aromatic rings. The Morgan fingerprint density at radius 3 is 2.94 bits per heavy atom. The van der Waals surface area contributed by atoms with Crippen molar-refractivity contribution in [1.82, 2.24) is 25.0 Å². The number of nitrogens with one attached hydrogen (secondary N) is 1. The number of hydrogen-bond donors (Lipinski definition) is 2. The molecule has 1 atom stereocenters. The second-order valence-corrected chi connectivity index (χ2v) is 4.83. The van der Waals surface area contributed by atoms with Crippen LogP contribution in [0.4, 0.5) is 0 Å². The number of hydrogen-bond acceptors (Lipinski definition) is 5. The van der Waals surface area contributed by atoms with Crippen molar-refractivity contribution in [3.63, 3.8) is 0 Å². The van der Waals surface area contributed by atoms with Gasteiger partial charge in [0.1, 0.15) is 12.2 Å². The Kier molecular flexibility index (Phi) is 5.10. The van der Waals surface area contributed by atoms with Crippen LogP contribution in [0.15, 0.2) is 6.33 Å². The first-order chi connectivity index (χ1) is 8.79. The average Bonchev–Trinajstić information content (AvgIpc) is 3.00. The summed E-state index contributed by atoms with van der Waals surface area (Å²) in [6.07, 6.45) is 3.96. The molecule has 18 heavy (non-hydrogen) atoms. The molecule has 0 aromatic carbocycles. The molecule has 102 valence electrons. The molecule has 0 aliphatic carbocycles. The normalized spacial score (nSPS) is 18.3. The van der Waals surface area contributed by atoms with Crippen LogP contribution in [0.25, 0.3) is 0 Å². The van der Waals surface area contributed by atoms with Crippen LogP contribution in [0.2, 0.25) is 0 Å². The minimum absolute atomic E-state index is 0.305. The molecular formula is C12H23N5O. The van der Waals surface area contributed by atoms with Crippen molar-refractivity contribution in [2.45, 2.75) is 39.0 Å². The van der Waals surface area contributed by atoms with Crippen molar-refractivity contribution in [2.24, 2.45) is 0 Å². The zero-order valence-electron chi connectivity index (χ0n) is 11.0. The molecule has 0 spiro atoms. The fourth-order valence-electron chi connectivity index (χ4n) is 2.36. The zero-order chi connectivity index (χ0) is 12.8. The quantitative estimate of drug-likeness (QED) is 0.707. The summed E-state index contributed by atoms with van der Waals surface area (Å²) in [5, 5.41) is 21.1. The summed E-state index contributed by atoms with van der Waals surface area (Å²) < 4.78 is 2.00. The molecule has 1 aromatic heterocycles. The molecule has 1 unspecified atom stereocenters. The van der Waals surface area contributed by atoms with Crippen molar-refractivity contribution < 1.29 is 5.11 Å². The number of aromatic nitrogens is 3. The lowest BCUT2D eigenvalue weighted by Gasteiger charge is -2.19. The van der Waals surface area contributed by atoms with E-state index in [1.807, 2.05) is 4.57 Å². The smallest absolute Gasteiger partial charge is 0.146 e. The van der Waals surface area contributed by atoms with Gasteiger partial charge in [-0.15, -0.1) is 10.2 Å². The molecule has 2 rings (SSSR count). The maximum atomic E-state index is 9.92. The number of nitrogens with zero attached hydrogens (tertiary/aromatic N) is 4. The molecule has 0 amide bonds. The summed E-state index contributed by atoms with van der Waals surface area (Å²) in [5.41, 5.74) is 0. The maximum absolute atomic E-state index is 9.92. The topological polar surface area (TPSA) is 66.2 Å². The molecule has 0 saturated carbocycles. The predicted molar refractivity (Wildman–Crippen MR) is 69.1 cm³/mol. The van der Waals surface area contributed by atoms with Crippen LogP contribution >= 0.6 is 0 Å². The molecular weight excluding hydrogens is 230 g/mol. The highest BCUT2D eigenvalue weighted by Gasteiger charge is 2.15. The Morgan fingerprint density at radius 2 is 2.22 bits per heavy atom. The lowest BCUT2D eigenvalue weighted by Crippen LogP contribution is -2.37. The van der Waals surface area contributed by atoms with Gasteiger partial charge in [0.05, 0.1) is 12.6 Å². The van der Waals surface area contributed by atoms with Crippen LogP contribution in [-0.2, 0) is 13.1 Å². The standard InChI is InChI=1S/C12H23N5O/c1-2-17-10-14-15-12(17)8-13-7-11(18)9-16-5-3-4-6-16/h10-11,13,18H,2-9H2,1H3. The molecule has 0 bridgehead atoms. The fourth-order valence-corrected chi connectivity index (χ4v) is 2.36. The number of aliphatic hydroxyl groups is 1. The number of likely N-dealkylation sites (tertiary alicyclic amines) is 1. The summed E-state index contributed by atoms with van der Waals surface area (Å²) in [6.45, 7) is 7.23. The van der Waals surface area contributed by atoms with E-state index < -0.39 is 0 Å². The van der Waals surface area contributed by atoms with E-state index in [1.165, 1.54) is 12.8 Å². The molecule has 1 fully saturated rings. The highest BCUT2D eigenvalue weighted by molar-refractivity contribution is 4.85. The number of aliphatic hydroxyl groups excluding tert-OH is 1. The Hall–Kier alpha value is -0.980. The first-order valence-electron chi connectivity index (χ1n) is 6.77. The van der Waals surface area contributed by atoms with Crippen molar-refractivity contribution >= 4 is 0 Å². The fraction of sp³-hybridized carbons (Fsp3) is 0.833. The lowest BCUT2D eigenvalue weighted by atomic mass is 10.3. The van der Waals surface area contributed by atoms with Crippen LogP contribution in [0.3, 0.4) is 0 Å². The van der Waals surface area contributed by atoms with Gasteiger partial charge in [-0.2, -0.15) is 0 Å². The van der Waals surface area contributed by atoms with Gasteiger partial charge in [0.25, 0.3) is 0 Å². The molecule has 0 radical (unpaired) electrons. The van der Waals surface area contributed by atoms with Gasteiger partial charge in [0, 0.05) is 19.6 Å². The monoisotopic (exact) mass is 253 g/mol. The van der Waals surface area contributed by atoms with Crippen LogP contribution in [0.1, 0.15) is 25.6 Å². The summed E-state index contributed by atoms with van der Waals surface area (Å²) in [4.78, 5) is 2.32. The van der Waals surface area contributed by atoms with Crippen molar-refractivity contribution in [3.05, 3.63) is 12.2 Å². The lowest BCUT2D eigenvalue weighted by molar-refractivity contribution is 0.123. The van der Waals surface area contributed by atoms with E-state index in [9.17, 15) is 5.11 Å². The molecule has 6 heteroatoms. The van der Waals surface area contributed by atoms with Gasteiger partial charge in [0.2, 0.25) is 0 Å². The molecule has 1 saturated heterocycles. The second kappa shape index (κ2) is 6.82. The Bertz CT molecular complexity index is 348. The average molecular weight is 253 g/mol. The largest absolute Gasteiger partial charge is 0.390 e. The molecule has 6 nitrogen and oxygen atoms in total. The van der Waals surface area contributed by atoms with Crippen molar-refractivity contribution in [1.29, 1.82) is 0 Å². The van der Waals surface area contributed by atoms with Gasteiger partial charge in [-0.3, -0.25) is 0 Å². The van der Waals surface area contributed by atoms with Crippen LogP contribution in [0, 0.1) is 0 Å². The van der Waals surface area contributed by atoms with Crippen LogP contribution < -0.4 is 5.32 Å². The van der Waals surface area contributed by atoms with E-state index in [1.54, 1.807) is 6.33 Å². The van der Waals surface area contributed by atoms with Gasteiger partial charge in [-0.1, -0.05) is 0 Å². The first kappa shape index (κ1) is 13.5. The highest BCUT2D eigenvalue weighted by Crippen LogP contribution is 2.07. The van der Waals surface area contributed by atoms with E-state index in [0.717, 1.165) is 32.0 Å². The summed E-state index contributed by atoms with van der Waals surface area (Å²) >= 11 is 0. The van der Waals surface area contributed by atoms with Gasteiger partial charge >= 0.3 is 0 Å². The summed E-state index contributed by atoms with van der Waals surface area (Å²) in [6, 6.07) is 0. The van der Waals surface area contributed by atoms with Crippen LogP contribution in [-0.4, -0.2) is 57.1 Å². The second-order valence-electron chi connectivity index (χ2n) is 4.83. The molecule has 2 heterocycles. The van der Waals surface area contributed by atoms with E-state index in [4.69, 9.17) is 0 Å². The minimum atomic E-state index is -0.305. The molecule has 1 aliphatic rings. The summed E-state index contributed by atoms with van der Waals surface area (Å²) in [5.74, 6) is 0.922. The predicted octanol–water partition coefficient (Wildman–Crippen LogP) is -0.156. The van der Waals surface area contributed by atoms with Crippen LogP contribution in [0.5, 0.6) is 0 Å². The van der Waals surface area contributed by atoms with Gasteiger partial charge in [-0.25, -0.2) is 0 Å². The SMILES string of the molecule is CCn1cnnc1CNCC(O)CN1CCCC1. The highest BCUT2D eigenvalue weighted by atomic mass is 16.3. The van der Waals surface area contributed by atoms with E-state index in [0.29, 0.717) is 13.1 Å². The van der Waals surface area contributed by atoms with Crippen molar-refractivity contribution in [3.8, 4) is 0 Å². The van der Waals surface area contributed by atoms with E-state index >= 15 is 0 Å². The maximum Gasteiger partial charge on any atom is 0.146 e. The Labute approximate surface area is 108 Å². The number of rotatable bonds is 7. The van der Waals surface area contributed by atoms with Crippen molar-refractivity contribution in [2.75, 3.05) is 26.2 Å². The molecule has 2 N–H and O–H groups in total. The van der Waals surface area contributed by atoms with Gasteiger partial charge in [-0.05, 0) is 32.9 Å². The van der Waals surface area contributed by atoms with Gasteiger partial charge < -0.3 is 19.9 Å². The first-order valence-corrected chi connectivity index (χ1v) is 6.77. The Morgan fingerprint density at radius 1 is 1.44 bits per heavy atom. The third-order valence-corrected chi connectivity index (χ3v) is 3.37. The number of β-amino-alcohol motifs (C(OH)–C–C–N with tert-alkyl or cyclic N) is 1.